The molecule has 1 spiro atoms. The number of hydrogen-bond donors (Lipinski definition) is 0. The summed E-state index contributed by atoms with van der Waals surface area (Å²) in [6, 6.07) is 9.18. The normalized spacial score (nSPS) is 28.2. The lowest BCUT2D eigenvalue weighted by molar-refractivity contribution is -0.127. The monoisotopic (exact) mass is 294 g/mol. The van der Waals surface area contributed by atoms with Crippen LogP contribution in [0.2, 0.25) is 0 Å². The summed E-state index contributed by atoms with van der Waals surface area (Å²) in [5.41, 5.74) is 0.714. The van der Waals surface area contributed by atoms with Crippen molar-refractivity contribution in [2.75, 3.05) is 23.9 Å². The maximum absolute atomic E-state index is 12.9. The molecular weight excluding hydrogens is 276 g/mol. The third-order valence-corrected chi connectivity index (χ3v) is 7.02. The number of para-hydroxylation sites is 1. The van der Waals surface area contributed by atoms with E-state index in [-0.39, 0.29) is 5.91 Å². The van der Waals surface area contributed by atoms with E-state index in [1.54, 1.807) is 4.90 Å². The Balaban J connectivity index is 1.93. The molecule has 5 nitrogen and oxygen atoms in total. The zero-order valence-corrected chi connectivity index (χ0v) is 12.3. The van der Waals surface area contributed by atoms with E-state index in [0.717, 1.165) is 0 Å². The molecule has 0 aromatic heterocycles. The minimum atomic E-state index is -3.41. The second kappa shape index (κ2) is 4.48. The number of carbonyl (C=O) groups excluding carboxylic acids is 1. The molecule has 1 aromatic rings. The van der Waals surface area contributed by atoms with Crippen LogP contribution in [0.25, 0.3) is 0 Å². The van der Waals surface area contributed by atoms with Gasteiger partial charge in [-0.25, -0.2) is 8.42 Å². The fraction of sp³-hybridized carbons (Fsp3) is 0.500. The molecule has 2 aliphatic rings. The minimum Gasteiger partial charge on any atom is -0.341 e. The third-order valence-electron chi connectivity index (χ3n) is 4.41. The maximum atomic E-state index is 12.9. The molecule has 0 aliphatic carbocycles. The first-order valence-electron chi connectivity index (χ1n) is 6.79. The van der Waals surface area contributed by atoms with Crippen molar-refractivity contribution in [3.05, 3.63) is 30.3 Å². The van der Waals surface area contributed by atoms with Crippen molar-refractivity contribution in [2.45, 2.75) is 24.5 Å². The standard InChI is InChI=1S/C14H18N2O3S/c1-12(17)15-9-7-14(11-15)8-10-16(20(14,18)19)13-5-3-2-4-6-13/h2-6H,7-11H2,1H3/t14-/m0/s1. The topological polar surface area (TPSA) is 57.7 Å². The molecule has 20 heavy (non-hydrogen) atoms. The van der Waals surface area contributed by atoms with Gasteiger partial charge in [-0.15, -0.1) is 0 Å². The average Bonchev–Trinajstić information content (AvgIpc) is 2.96. The molecule has 6 heteroatoms. The van der Waals surface area contributed by atoms with Crippen LogP contribution in [0.4, 0.5) is 5.69 Å². The Bertz CT molecular complexity index is 629. The Morgan fingerprint density at radius 1 is 1.15 bits per heavy atom. The summed E-state index contributed by atoms with van der Waals surface area (Å²) in [5, 5.41) is 0. The van der Waals surface area contributed by atoms with Gasteiger partial charge in [-0.3, -0.25) is 9.10 Å². The Labute approximate surface area is 119 Å². The van der Waals surface area contributed by atoms with Gasteiger partial charge < -0.3 is 4.90 Å². The van der Waals surface area contributed by atoms with Crippen molar-refractivity contribution in [1.29, 1.82) is 0 Å². The maximum Gasteiger partial charge on any atom is 0.242 e. The lowest BCUT2D eigenvalue weighted by Crippen LogP contribution is -2.42. The van der Waals surface area contributed by atoms with Gasteiger partial charge in [0.05, 0.1) is 5.69 Å². The molecule has 2 saturated heterocycles. The summed E-state index contributed by atoms with van der Waals surface area (Å²) in [6.07, 6.45) is 1.13. The van der Waals surface area contributed by atoms with Crippen molar-refractivity contribution in [3.63, 3.8) is 0 Å². The molecule has 2 heterocycles. The largest absolute Gasteiger partial charge is 0.341 e. The highest BCUT2D eigenvalue weighted by Gasteiger charge is 2.56. The van der Waals surface area contributed by atoms with Gasteiger partial charge in [0, 0.05) is 26.6 Å². The van der Waals surface area contributed by atoms with Crippen LogP contribution >= 0.6 is 0 Å². The summed E-state index contributed by atoms with van der Waals surface area (Å²) in [7, 11) is -3.41. The van der Waals surface area contributed by atoms with Crippen LogP contribution < -0.4 is 4.31 Å². The van der Waals surface area contributed by atoms with Gasteiger partial charge >= 0.3 is 0 Å². The van der Waals surface area contributed by atoms with Gasteiger partial charge in [0.1, 0.15) is 4.75 Å². The fourth-order valence-electron chi connectivity index (χ4n) is 3.18. The number of hydrogen-bond acceptors (Lipinski definition) is 3. The summed E-state index contributed by atoms with van der Waals surface area (Å²) >= 11 is 0. The first-order chi connectivity index (χ1) is 9.46. The second-order valence-corrected chi connectivity index (χ2v) is 7.79. The predicted octanol–water partition coefficient (Wildman–Crippen LogP) is 1.22. The summed E-state index contributed by atoms with van der Waals surface area (Å²) in [4.78, 5) is 13.1. The SMILES string of the molecule is CC(=O)N1CC[C@]2(CCN(c3ccccc3)S2(=O)=O)C1. The number of amides is 1. The molecule has 0 radical (unpaired) electrons. The number of anilines is 1. The quantitative estimate of drug-likeness (QED) is 0.782. The predicted molar refractivity (Wildman–Crippen MR) is 76.9 cm³/mol. The lowest BCUT2D eigenvalue weighted by Gasteiger charge is -2.25. The number of sulfonamides is 1. The van der Waals surface area contributed by atoms with Crippen LogP contribution in [0.1, 0.15) is 19.8 Å². The van der Waals surface area contributed by atoms with Gasteiger partial charge in [0.15, 0.2) is 0 Å². The first-order valence-corrected chi connectivity index (χ1v) is 8.23. The van der Waals surface area contributed by atoms with Gasteiger partial charge in [0.25, 0.3) is 0 Å². The molecular formula is C14H18N2O3S. The van der Waals surface area contributed by atoms with Crippen LogP contribution in [0.3, 0.4) is 0 Å². The smallest absolute Gasteiger partial charge is 0.242 e. The molecule has 2 fully saturated rings. The number of rotatable bonds is 1. The Morgan fingerprint density at radius 3 is 2.40 bits per heavy atom. The van der Waals surface area contributed by atoms with E-state index in [1.165, 1.54) is 11.2 Å². The number of benzene rings is 1. The zero-order chi connectivity index (χ0) is 14.4. The van der Waals surface area contributed by atoms with Gasteiger partial charge in [0.2, 0.25) is 15.9 Å². The van der Waals surface area contributed by atoms with Crippen LogP contribution in [0.5, 0.6) is 0 Å². The Morgan fingerprint density at radius 2 is 1.80 bits per heavy atom. The van der Waals surface area contributed by atoms with Crippen LogP contribution in [-0.4, -0.2) is 43.6 Å². The van der Waals surface area contributed by atoms with Crippen molar-refractivity contribution in [1.82, 2.24) is 4.90 Å². The van der Waals surface area contributed by atoms with E-state index in [2.05, 4.69) is 0 Å². The van der Waals surface area contributed by atoms with Gasteiger partial charge in [-0.2, -0.15) is 0 Å². The molecule has 0 N–H and O–H groups in total. The first kappa shape index (κ1) is 13.4. The third kappa shape index (κ3) is 1.82. The zero-order valence-electron chi connectivity index (χ0n) is 11.4. The van der Waals surface area contributed by atoms with Crippen molar-refractivity contribution >= 4 is 21.6 Å². The molecule has 0 saturated carbocycles. The van der Waals surface area contributed by atoms with Crippen molar-refractivity contribution in [2.24, 2.45) is 0 Å². The summed E-state index contributed by atoms with van der Waals surface area (Å²) in [6.45, 7) is 2.86. The van der Waals surface area contributed by atoms with E-state index in [4.69, 9.17) is 0 Å². The molecule has 2 aliphatic heterocycles. The number of likely N-dealkylation sites (tertiary alicyclic amines) is 1. The summed E-state index contributed by atoms with van der Waals surface area (Å²) < 4.78 is 26.5. The average molecular weight is 294 g/mol. The van der Waals surface area contributed by atoms with E-state index in [9.17, 15) is 13.2 Å². The molecule has 3 rings (SSSR count). The molecule has 108 valence electrons. The molecule has 1 amide bonds. The molecule has 1 aromatic carbocycles. The molecule has 1 atom stereocenters. The van der Waals surface area contributed by atoms with Crippen LogP contribution in [0, 0.1) is 0 Å². The molecule has 0 unspecified atom stereocenters. The van der Waals surface area contributed by atoms with E-state index < -0.39 is 14.8 Å². The Hall–Kier alpha value is -1.56. The van der Waals surface area contributed by atoms with Gasteiger partial charge in [-0.05, 0) is 25.0 Å². The van der Waals surface area contributed by atoms with Crippen LogP contribution in [-0.2, 0) is 14.8 Å². The highest BCUT2D eigenvalue weighted by Crippen LogP contribution is 2.42. The van der Waals surface area contributed by atoms with E-state index in [0.29, 0.717) is 38.2 Å². The van der Waals surface area contributed by atoms with Gasteiger partial charge in [-0.1, -0.05) is 18.2 Å². The number of nitrogens with zero attached hydrogens (tertiary/aromatic N) is 2. The second-order valence-electron chi connectivity index (χ2n) is 5.54. The van der Waals surface area contributed by atoms with E-state index >= 15 is 0 Å². The van der Waals surface area contributed by atoms with Crippen molar-refractivity contribution < 1.29 is 13.2 Å². The highest BCUT2D eigenvalue weighted by molar-refractivity contribution is 7.94. The fourth-order valence-corrected chi connectivity index (χ4v) is 5.39. The van der Waals surface area contributed by atoms with Crippen LogP contribution in [0.15, 0.2) is 30.3 Å². The van der Waals surface area contributed by atoms with E-state index in [1.807, 2.05) is 30.3 Å². The highest BCUT2D eigenvalue weighted by atomic mass is 32.2. The van der Waals surface area contributed by atoms with Crippen molar-refractivity contribution in [3.8, 4) is 0 Å². The molecule has 0 bridgehead atoms. The minimum absolute atomic E-state index is 0.0461. The summed E-state index contributed by atoms with van der Waals surface area (Å²) in [5.74, 6) is -0.0461. The Kier molecular flexibility index (Phi) is 3.01. The number of carbonyl (C=O) groups is 1. The lowest BCUT2D eigenvalue weighted by atomic mass is 10.0.